The molecule has 0 unspecified atom stereocenters. The van der Waals surface area contributed by atoms with Crippen molar-refractivity contribution in [3.05, 3.63) is 51.8 Å². The Morgan fingerprint density at radius 2 is 1.93 bits per heavy atom. The first-order valence-electron chi connectivity index (χ1n) is 9.28. The molecule has 4 rings (SSSR count). The fourth-order valence-electron chi connectivity index (χ4n) is 3.27. The van der Waals surface area contributed by atoms with Crippen molar-refractivity contribution in [3.63, 3.8) is 0 Å². The molecule has 0 aliphatic carbocycles. The van der Waals surface area contributed by atoms with Gasteiger partial charge in [0.25, 0.3) is 15.9 Å². The number of thiophene rings is 1. The Labute approximate surface area is 178 Å². The predicted molar refractivity (Wildman–Crippen MR) is 117 cm³/mol. The van der Waals surface area contributed by atoms with Crippen molar-refractivity contribution < 1.29 is 13.2 Å². The Morgan fingerprint density at radius 1 is 1.17 bits per heavy atom. The number of carbonyl (C=O) groups is 1. The molecule has 0 saturated carbocycles. The van der Waals surface area contributed by atoms with Crippen LogP contribution in [0.1, 0.15) is 33.8 Å². The fraction of sp³-hybridized carbons (Fsp3) is 0.300. The normalized spacial score (nSPS) is 14.3. The predicted octanol–water partition coefficient (Wildman–Crippen LogP) is 4.53. The zero-order valence-corrected chi connectivity index (χ0v) is 18.6. The van der Waals surface area contributed by atoms with Crippen molar-refractivity contribution in [2.24, 2.45) is 0 Å². The van der Waals surface area contributed by atoms with Gasteiger partial charge in [-0.05, 0) is 50.5 Å². The van der Waals surface area contributed by atoms with Crippen molar-refractivity contribution in [2.75, 3.05) is 17.8 Å². The van der Waals surface area contributed by atoms with Gasteiger partial charge in [-0.2, -0.15) is 0 Å². The number of carbonyl (C=O) groups excluding carboxylic acids is 1. The Balaban J connectivity index is 1.57. The highest BCUT2D eigenvalue weighted by molar-refractivity contribution is 7.94. The highest BCUT2D eigenvalue weighted by Crippen LogP contribution is 2.34. The number of aryl methyl sites for hydroxylation is 2. The number of aromatic nitrogens is 1. The summed E-state index contributed by atoms with van der Waals surface area (Å²) in [6.07, 6.45) is 2.08. The number of nitrogens with one attached hydrogen (secondary N) is 1. The number of thiazole rings is 1. The minimum Gasteiger partial charge on any atom is -0.338 e. The number of nitrogens with zero attached hydrogens (tertiary/aromatic N) is 2. The van der Waals surface area contributed by atoms with Crippen LogP contribution in [0.4, 0.5) is 5.69 Å². The smallest absolute Gasteiger partial charge is 0.271 e. The second-order valence-electron chi connectivity index (χ2n) is 7.06. The van der Waals surface area contributed by atoms with Gasteiger partial charge in [0.05, 0.1) is 5.69 Å². The first kappa shape index (κ1) is 20.1. The number of anilines is 1. The Bertz CT molecular complexity index is 1160. The van der Waals surface area contributed by atoms with Gasteiger partial charge in [-0.15, -0.1) is 22.7 Å². The third-order valence-corrected chi connectivity index (χ3v) is 8.76. The summed E-state index contributed by atoms with van der Waals surface area (Å²) in [5.41, 5.74) is 2.91. The van der Waals surface area contributed by atoms with Crippen LogP contribution >= 0.6 is 22.7 Å². The molecule has 0 atom stereocenters. The van der Waals surface area contributed by atoms with E-state index in [2.05, 4.69) is 9.71 Å². The number of hydrogen-bond donors (Lipinski definition) is 1. The molecule has 9 heteroatoms. The molecule has 1 amide bonds. The molecule has 0 radical (unpaired) electrons. The molecular weight excluding hydrogens is 426 g/mol. The Hall–Kier alpha value is -2.23. The zero-order valence-electron chi connectivity index (χ0n) is 16.1. The van der Waals surface area contributed by atoms with Crippen LogP contribution in [0, 0.1) is 13.8 Å². The average molecular weight is 448 g/mol. The number of sulfonamides is 1. The standard InChI is InChI=1S/C20H21N3O3S3/c1-13-6-5-7-16(10-13)22-29(25,26)17-11-15(12-27-17)19-21-14(2)18(28-19)20(24)23-8-3-4-9-23/h5-7,10-12,22H,3-4,8-9H2,1-2H3. The maximum absolute atomic E-state index is 12.7. The third kappa shape index (κ3) is 4.22. The van der Waals surface area contributed by atoms with Gasteiger partial charge in [-0.1, -0.05) is 12.1 Å². The molecule has 1 saturated heterocycles. The molecule has 29 heavy (non-hydrogen) atoms. The average Bonchev–Trinajstić information content (AvgIpc) is 3.41. The van der Waals surface area contributed by atoms with E-state index in [1.807, 2.05) is 30.9 Å². The van der Waals surface area contributed by atoms with Crippen LogP contribution in [-0.4, -0.2) is 37.3 Å². The van der Waals surface area contributed by atoms with E-state index >= 15 is 0 Å². The van der Waals surface area contributed by atoms with Gasteiger partial charge >= 0.3 is 0 Å². The molecule has 1 N–H and O–H groups in total. The van der Waals surface area contributed by atoms with Crippen LogP contribution in [0.5, 0.6) is 0 Å². The summed E-state index contributed by atoms with van der Waals surface area (Å²) in [6.45, 7) is 5.31. The first-order valence-corrected chi connectivity index (χ1v) is 12.5. The van der Waals surface area contributed by atoms with E-state index in [1.54, 1.807) is 23.6 Å². The molecule has 2 aromatic heterocycles. The van der Waals surface area contributed by atoms with Gasteiger partial charge in [0.1, 0.15) is 14.1 Å². The first-order chi connectivity index (χ1) is 13.8. The molecule has 152 valence electrons. The van der Waals surface area contributed by atoms with E-state index in [9.17, 15) is 13.2 Å². The van der Waals surface area contributed by atoms with Crippen molar-refractivity contribution >= 4 is 44.3 Å². The van der Waals surface area contributed by atoms with Crippen LogP contribution in [-0.2, 0) is 10.0 Å². The SMILES string of the molecule is Cc1cccc(NS(=O)(=O)c2cc(-c3nc(C)c(C(=O)N4CCCC4)s3)cs2)c1. The quantitative estimate of drug-likeness (QED) is 0.623. The lowest BCUT2D eigenvalue weighted by Crippen LogP contribution is -2.27. The van der Waals surface area contributed by atoms with E-state index < -0.39 is 10.0 Å². The van der Waals surface area contributed by atoms with Crippen LogP contribution < -0.4 is 4.72 Å². The topological polar surface area (TPSA) is 79.4 Å². The molecule has 6 nitrogen and oxygen atoms in total. The lowest BCUT2D eigenvalue weighted by atomic mass is 10.2. The van der Waals surface area contributed by atoms with E-state index in [4.69, 9.17) is 0 Å². The van der Waals surface area contributed by atoms with Crippen molar-refractivity contribution in [1.29, 1.82) is 0 Å². The summed E-state index contributed by atoms with van der Waals surface area (Å²) in [6, 6.07) is 8.84. The molecule has 1 aliphatic heterocycles. The summed E-state index contributed by atoms with van der Waals surface area (Å²) in [5.74, 6) is 0.0212. The molecule has 1 aliphatic rings. The third-order valence-electron chi connectivity index (χ3n) is 4.74. The molecule has 3 aromatic rings. The van der Waals surface area contributed by atoms with Crippen LogP contribution in [0.15, 0.2) is 39.9 Å². The molecule has 0 spiro atoms. The minimum atomic E-state index is -3.68. The van der Waals surface area contributed by atoms with Gasteiger partial charge in [-0.25, -0.2) is 13.4 Å². The molecule has 3 heterocycles. The van der Waals surface area contributed by atoms with Gasteiger partial charge in [0.2, 0.25) is 0 Å². The number of rotatable bonds is 5. The number of benzene rings is 1. The van der Waals surface area contributed by atoms with E-state index in [-0.39, 0.29) is 10.1 Å². The molecule has 1 fully saturated rings. The summed E-state index contributed by atoms with van der Waals surface area (Å²) in [7, 11) is -3.68. The van der Waals surface area contributed by atoms with Crippen molar-refractivity contribution in [2.45, 2.75) is 30.9 Å². The molecule has 1 aromatic carbocycles. The van der Waals surface area contributed by atoms with Gasteiger partial charge in [-0.3, -0.25) is 9.52 Å². The highest BCUT2D eigenvalue weighted by atomic mass is 32.2. The lowest BCUT2D eigenvalue weighted by Gasteiger charge is -2.13. The lowest BCUT2D eigenvalue weighted by molar-refractivity contribution is 0.0796. The second kappa shape index (κ2) is 7.89. The molecule has 0 bridgehead atoms. The van der Waals surface area contributed by atoms with Crippen LogP contribution in [0.2, 0.25) is 0 Å². The number of amides is 1. The summed E-state index contributed by atoms with van der Waals surface area (Å²) in [4.78, 5) is 19.7. The van der Waals surface area contributed by atoms with Gasteiger partial charge < -0.3 is 4.90 Å². The fourth-order valence-corrected chi connectivity index (χ4v) is 6.58. The van der Waals surface area contributed by atoms with E-state index in [0.717, 1.165) is 42.8 Å². The summed E-state index contributed by atoms with van der Waals surface area (Å²) >= 11 is 2.47. The monoisotopic (exact) mass is 447 g/mol. The Morgan fingerprint density at radius 3 is 2.66 bits per heavy atom. The van der Waals surface area contributed by atoms with Crippen LogP contribution in [0.25, 0.3) is 10.6 Å². The zero-order chi connectivity index (χ0) is 20.6. The molecular formula is C20H21N3O3S3. The summed E-state index contributed by atoms with van der Waals surface area (Å²) < 4.78 is 28.3. The number of likely N-dealkylation sites (tertiary alicyclic amines) is 1. The largest absolute Gasteiger partial charge is 0.338 e. The van der Waals surface area contributed by atoms with E-state index in [1.165, 1.54) is 11.3 Å². The maximum Gasteiger partial charge on any atom is 0.271 e. The van der Waals surface area contributed by atoms with Crippen LogP contribution in [0.3, 0.4) is 0 Å². The summed E-state index contributed by atoms with van der Waals surface area (Å²) in [5, 5.41) is 2.44. The van der Waals surface area contributed by atoms with Gasteiger partial charge in [0.15, 0.2) is 0 Å². The second-order valence-corrected chi connectivity index (χ2v) is 10.9. The minimum absolute atomic E-state index is 0.0212. The Kier molecular flexibility index (Phi) is 5.46. The van der Waals surface area contributed by atoms with Gasteiger partial charge in [0, 0.05) is 29.7 Å². The maximum atomic E-state index is 12.7. The highest BCUT2D eigenvalue weighted by Gasteiger charge is 2.25. The van der Waals surface area contributed by atoms with Crippen molar-refractivity contribution in [3.8, 4) is 10.6 Å². The number of hydrogen-bond acceptors (Lipinski definition) is 6. The van der Waals surface area contributed by atoms with E-state index in [0.29, 0.717) is 26.8 Å². The van der Waals surface area contributed by atoms with Crippen molar-refractivity contribution in [1.82, 2.24) is 9.88 Å².